The highest BCUT2D eigenvalue weighted by atomic mass is 79.9. The third-order valence-corrected chi connectivity index (χ3v) is 3.04. The molecule has 1 atom stereocenters. The van der Waals surface area contributed by atoms with E-state index in [4.69, 9.17) is 16.3 Å². The van der Waals surface area contributed by atoms with Gasteiger partial charge in [0, 0.05) is 0 Å². The van der Waals surface area contributed by atoms with Gasteiger partial charge in [0.25, 0.3) is 0 Å². The first-order valence-electron chi connectivity index (χ1n) is 3.99. The van der Waals surface area contributed by atoms with Crippen LogP contribution < -0.4 is 4.74 Å². The zero-order valence-electron chi connectivity index (χ0n) is 7.61. The van der Waals surface area contributed by atoms with E-state index >= 15 is 0 Å². The number of benzene rings is 1. The Balaban J connectivity index is 2.86. The van der Waals surface area contributed by atoms with Gasteiger partial charge in [0.05, 0.1) is 9.50 Å². The maximum absolute atomic E-state index is 12.2. The van der Waals surface area contributed by atoms with E-state index in [1.165, 1.54) is 12.1 Å². The molecular formula is C9H7BrClF3O. The zero-order chi connectivity index (χ0) is 11.6. The van der Waals surface area contributed by atoms with Gasteiger partial charge in [0.15, 0.2) is 6.10 Å². The van der Waals surface area contributed by atoms with Gasteiger partial charge in [-0.25, -0.2) is 0 Å². The summed E-state index contributed by atoms with van der Waals surface area (Å²) in [7, 11) is 0. The van der Waals surface area contributed by atoms with Crippen LogP contribution in [0.3, 0.4) is 0 Å². The predicted octanol–water partition coefficient (Wildman–Crippen LogP) is 4.43. The van der Waals surface area contributed by atoms with Gasteiger partial charge >= 0.3 is 6.18 Å². The zero-order valence-corrected chi connectivity index (χ0v) is 9.95. The minimum Gasteiger partial charge on any atom is -0.480 e. The third-order valence-electron chi connectivity index (χ3n) is 1.68. The molecule has 0 radical (unpaired) electrons. The molecule has 0 aliphatic rings. The molecular weight excluding hydrogens is 296 g/mol. The summed E-state index contributed by atoms with van der Waals surface area (Å²) in [5, 5.41) is 0.307. The molecule has 1 aromatic rings. The molecule has 1 unspecified atom stereocenters. The van der Waals surface area contributed by atoms with Crippen LogP contribution in [0.5, 0.6) is 5.75 Å². The van der Waals surface area contributed by atoms with E-state index in [0.29, 0.717) is 9.50 Å². The Morgan fingerprint density at radius 3 is 2.53 bits per heavy atom. The topological polar surface area (TPSA) is 9.23 Å². The van der Waals surface area contributed by atoms with Gasteiger partial charge in [0.2, 0.25) is 0 Å². The first-order chi connectivity index (χ1) is 6.82. The largest absolute Gasteiger partial charge is 0.480 e. The molecule has 15 heavy (non-hydrogen) atoms. The Labute approximate surface area is 98.3 Å². The van der Waals surface area contributed by atoms with Gasteiger partial charge in [0.1, 0.15) is 5.75 Å². The summed E-state index contributed by atoms with van der Waals surface area (Å²) >= 11 is 8.75. The maximum Gasteiger partial charge on any atom is 0.425 e. The maximum atomic E-state index is 12.2. The number of hydrogen-bond donors (Lipinski definition) is 0. The fourth-order valence-corrected chi connectivity index (χ4v) is 1.36. The molecule has 0 aliphatic heterocycles. The van der Waals surface area contributed by atoms with E-state index < -0.39 is 12.3 Å². The van der Waals surface area contributed by atoms with E-state index in [9.17, 15) is 13.2 Å². The minimum atomic E-state index is -4.39. The van der Waals surface area contributed by atoms with Crippen LogP contribution in [0.15, 0.2) is 22.7 Å². The molecule has 1 rings (SSSR count). The monoisotopic (exact) mass is 302 g/mol. The van der Waals surface area contributed by atoms with Gasteiger partial charge < -0.3 is 4.74 Å². The molecule has 84 valence electrons. The van der Waals surface area contributed by atoms with E-state index in [1.54, 1.807) is 6.07 Å². The Bertz CT molecular complexity index is 354. The molecule has 0 fully saturated rings. The van der Waals surface area contributed by atoms with Gasteiger partial charge in [-0.1, -0.05) is 17.7 Å². The Morgan fingerprint density at radius 1 is 1.40 bits per heavy atom. The molecule has 1 nitrogen and oxygen atoms in total. The van der Waals surface area contributed by atoms with Crippen molar-refractivity contribution in [2.45, 2.75) is 19.2 Å². The van der Waals surface area contributed by atoms with Crippen molar-refractivity contribution in [2.24, 2.45) is 0 Å². The van der Waals surface area contributed by atoms with Crippen molar-refractivity contribution in [3.8, 4) is 5.75 Å². The highest BCUT2D eigenvalue weighted by Crippen LogP contribution is 2.34. The van der Waals surface area contributed by atoms with Crippen molar-refractivity contribution in [3.05, 3.63) is 27.7 Å². The summed E-state index contributed by atoms with van der Waals surface area (Å²) in [6.45, 7) is 0.938. The molecule has 1 aromatic carbocycles. The van der Waals surface area contributed by atoms with Crippen LogP contribution >= 0.6 is 27.5 Å². The number of ether oxygens (including phenoxy) is 1. The third kappa shape index (κ3) is 3.28. The smallest absolute Gasteiger partial charge is 0.425 e. The quantitative estimate of drug-likeness (QED) is 0.785. The second-order valence-corrected chi connectivity index (χ2v) is 4.05. The first kappa shape index (κ1) is 12.6. The lowest BCUT2D eigenvalue weighted by Crippen LogP contribution is -2.31. The highest BCUT2D eigenvalue weighted by molar-refractivity contribution is 9.10. The van der Waals surface area contributed by atoms with Crippen LogP contribution in [-0.2, 0) is 0 Å². The minimum absolute atomic E-state index is 0.0762. The van der Waals surface area contributed by atoms with Crippen LogP contribution in [0.1, 0.15) is 6.92 Å². The van der Waals surface area contributed by atoms with E-state index in [-0.39, 0.29) is 5.75 Å². The number of hydrogen-bond acceptors (Lipinski definition) is 1. The van der Waals surface area contributed by atoms with Gasteiger partial charge in [-0.15, -0.1) is 0 Å². The average Bonchev–Trinajstić information content (AvgIpc) is 2.11. The molecule has 0 N–H and O–H groups in total. The second-order valence-electron chi connectivity index (χ2n) is 2.85. The molecule has 0 heterocycles. The SMILES string of the molecule is CC(Oc1cccc(Cl)c1Br)C(F)(F)F. The number of alkyl halides is 3. The summed E-state index contributed by atoms with van der Waals surface area (Å²) in [6.07, 6.45) is -6.26. The van der Waals surface area contributed by atoms with Crippen LogP contribution in [0.25, 0.3) is 0 Å². The molecule has 0 spiro atoms. The highest BCUT2D eigenvalue weighted by Gasteiger charge is 2.38. The van der Waals surface area contributed by atoms with Crippen molar-refractivity contribution in [3.63, 3.8) is 0 Å². The van der Waals surface area contributed by atoms with Crippen molar-refractivity contribution >= 4 is 27.5 Å². The summed E-state index contributed by atoms with van der Waals surface area (Å²) in [5.41, 5.74) is 0. The Hall–Kier alpha value is -0.420. The van der Waals surface area contributed by atoms with Gasteiger partial charge in [-0.2, -0.15) is 13.2 Å². The molecule has 0 aliphatic carbocycles. The van der Waals surface area contributed by atoms with E-state index in [0.717, 1.165) is 6.92 Å². The molecule has 0 amide bonds. The van der Waals surface area contributed by atoms with E-state index in [1.807, 2.05) is 0 Å². The van der Waals surface area contributed by atoms with Crippen molar-refractivity contribution in [2.75, 3.05) is 0 Å². The van der Waals surface area contributed by atoms with Crippen molar-refractivity contribution in [1.82, 2.24) is 0 Å². The number of halogens is 5. The number of rotatable bonds is 2. The lowest BCUT2D eigenvalue weighted by molar-refractivity contribution is -0.189. The standard InChI is InChI=1S/C9H7BrClF3O/c1-5(9(12,13)14)15-7-4-2-3-6(11)8(7)10/h2-5H,1H3. The lowest BCUT2D eigenvalue weighted by atomic mass is 10.3. The molecule has 0 aromatic heterocycles. The fraction of sp³-hybridized carbons (Fsp3) is 0.333. The Kier molecular flexibility index (Phi) is 3.89. The second kappa shape index (κ2) is 4.61. The summed E-state index contributed by atoms with van der Waals surface area (Å²) in [5.74, 6) is 0.0762. The van der Waals surface area contributed by atoms with E-state index in [2.05, 4.69) is 15.9 Å². The Morgan fingerprint density at radius 2 is 2.00 bits per heavy atom. The lowest BCUT2D eigenvalue weighted by Gasteiger charge is -2.18. The van der Waals surface area contributed by atoms with Crippen molar-refractivity contribution < 1.29 is 17.9 Å². The fourth-order valence-electron chi connectivity index (χ4n) is 0.832. The normalized spacial score (nSPS) is 13.7. The van der Waals surface area contributed by atoms with Gasteiger partial charge in [-0.3, -0.25) is 0 Å². The van der Waals surface area contributed by atoms with Gasteiger partial charge in [-0.05, 0) is 35.0 Å². The summed E-state index contributed by atoms with van der Waals surface area (Å²) in [4.78, 5) is 0. The average molecular weight is 304 g/mol. The van der Waals surface area contributed by atoms with Crippen LogP contribution in [-0.4, -0.2) is 12.3 Å². The molecule has 0 bridgehead atoms. The first-order valence-corrected chi connectivity index (χ1v) is 5.17. The van der Waals surface area contributed by atoms with Crippen LogP contribution in [0.2, 0.25) is 5.02 Å². The summed E-state index contributed by atoms with van der Waals surface area (Å²) in [6, 6.07) is 4.49. The van der Waals surface area contributed by atoms with Crippen molar-refractivity contribution in [1.29, 1.82) is 0 Å². The molecule has 0 saturated heterocycles. The predicted molar refractivity (Wildman–Crippen MR) is 55.3 cm³/mol. The molecule has 6 heteroatoms. The summed E-state index contributed by atoms with van der Waals surface area (Å²) < 4.78 is 41.6. The van der Waals surface area contributed by atoms with Crippen LogP contribution in [0.4, 0.5) is 13.2 Å². The molecule has 0 saturated carbocycles. The van der Waals surface area contributed by atoms with Crippen LogP contribution in [0, 0.1) is 0 Å².